The molecule has 1 heterocycles. The number of anilines is 1. The maximum atomic E-state index is 12.8. The fourth-order valence-corrected chi connectivity index (χ4v) is 2.73. The van der Waals surface area contributed by atoms with Crippen molar-refractivity contribution in [3.63, 3.8) is 0 Å². The number of nitrogens with one attached hydrogen (secondary N) is 1. The highest BCUT2D eigenvalue weighted by Crippen LogP contribution is 2.20. The van der Waals surface area contributed by atoms with Gasteiger partial charge in [0.05, 0.1) is 5.56 Å². The molecule has 1 aromatic carbocycles. The first-order chi connectivity index (χ1) is 9.68. The number of amides is 1. The number of hydrogen-bond acceptors (Lipinski definition) is 2. The van der Waals surface area contributed by atoms with Crippen LogP contribution in [0.3, 0.4) is 0 Å². The molecular formula is C17H26N2O. The number of carbonyl (C=O) groups is 1. The first-order valence-electron chi connectivity index (χ1n) is 7.83. The summed E-state index contributed by atoms with van der Waals surface area (Å²) in [6.45, 7) is 5.98. The van der Waals surface area contributed by atoms with Crippen LogP contribution in [-0.4, -0.2) is 29.9 Å². The van der Waals surface area contributed by atoms with Crippen molar-refractivity contribution in [2.45, 2.75) is 52.0 Å². The van der Waals surface area contributed by atoms with Crippen molar-refractivity contribution in [1.82, 2.24) is 4.90 Å². The fourth-order valence-electron chi connectivity index (χ4n) is 2.73. The summed E-state index contributed by atoms with van der Waals surface area (Å²) in [5.74, 6) is 0.177. The van der Waals surface area contributed by atoms with Crippen molar-refractivity contribution in [3.8, 4) is 0 Å². The van der Waals surface area contributed by atoms with E-state index in [0.717, 1.165) is 37.2 Å². The highest BCUT2D eigenvalue weighted by atomic mass is 16.2. The molecule has 0 aromatic heterocycles. The number of likely N-dealkylation sites (tertiary alicyclic amines) is 1. The average Bonchev–Trinajstić information content (AvgIpc) is 2.37. The molecule has 1 amide bonds. The minimum atomic E-state index is 0.177. The maximum absolute atomic E-state index is 12.8. The smallest absolute Gasteiger partial charge is 0.255 e. The monoisotopic (exact) mass is 274 g/mol. The molecule has 1 saturated heterocycles. The molecule has 0 bridgehead atoms. The van der Waals surface area contributed by atoms with E-state index in [1.54, 1.807) is 0 Å². The van der Waals surface area contributed by atoms with Crippen LogP contribution in [0.2, 0.25) is 0 Å². The minimum absolute atomic E-state index is 0.177. The van der Waals surface area contributed by atoms with Gasteiger partial charge in [-0.05, 0) is 38.8 Å². The Labute approximate surface area is 122 Å². The van der Waals surface area contributed by atoms with E-state index in [9.17, 15) is 4.79 Å². The Morgan fingerprint density at radius 1 is 1.05 bits per heavy atom. The van der Waals surface area contributed by atoms with Gasteiger partial charge in [0.25, 0.3) is 5.91 Å². The second kappa shape index (κ2) is 7.32. The van der Waals surface area contributed by atoms with Gasteiger partial charge in [-0.1, -0.05) is 31.4 Å². The molecule has 20 heavy (non-hydrogen) atoms. The van der Waals surface area contributed by atoms with E-state index in [-0.39, 0.29) is 5.91 Å². The lowest BCUT2D eigenvalue weighted by atomic mass is 10.1. The summed E-state index contributed by atoms with van der Waals surface area (Å²) in [6.07, 6.45) is 6.07. The average molecular weight is 274 g/mol. The normalized spacial score (nSPS) is 16.6. The van der Waals surface area contributed by atoms with Gasteiger partial charge in [-0.25, -0.2) is 0 Å². The Balaban J connectivity index is 2.14. The summed E-state index contributed by atoms with van der Waals surface area (Å²) in [7, 11) is 0. The lowest BCUT2D eigenvalue weighted by Gasteiger charge is -2.26. The molecule has 0 spiro atoms. The van der Waals surface area contributed by atoms with Crippen LogP contribution in [0, 0.1) is 0 Å². The number of nitrogens with zero attached hydrogens (tertiary/aromatic N) is 1. The summed E-state index contributed by atoms with van der Waals surface area (Å²) in [5, 5.41) is 3.37. The fraction of sp³-hybridized carbons (Fsp3) is 0.588. The summed E-state index contributed by atoms with van der Waals surface area (Å²) in [4.78, 5) is 14.8. The largest absolute Gasteiger partial charge is 0.382 e. The topological polar surface area (TPSA) is 32.3 Å². The maximum Gasteiger partial charge on any atom is 0.255 e. The van der Waals surface area contributed by atoms with Crippen molar-refractivity contribution in [2.75, 3.05) is 18.4 Å². The van der Waals surface area contributed by atoms with Gasteiger partial charge < -0.3 is 10.2 Å². The zero-order chi connectivity index (χ0) is 14.4. The van der Waals surface area contributed by atoms with E-state index in [2.05, 4.69) is 19.2 Å². The van der Waals surface area contributed by atoms with Crippen molar-refractivity contribution >= 4 is 11.6 Å². The van der Waals surface area contributed by atoms with Gasteiger partial charge in [0, 0.05) is 24.8 Å². The quantitative estimate of drug-likeness (QED) is 0.906. The van der Waals surface area contributed by atoms with Gasteiger partial charge in [-0.15, -0.1) is 0 Å². The molecule has 0 atom stereocenters. The lowest BCUT2D eigenvalue weighted by Crippen LogP contribution is -2.34. The summed E-state index contributed by atoms with van der Waals surface area (Å²) in [6, 6.07) is 8.19. The molecule has 0 radical (unpaired) electrons. The first kappa shape index (κ1) is 14.9. The van der Waals surface area contributed by atoms with Crippen LogP contribution in [0.25, 0.3) is 0 Å². The summed E-state index contributed by atoms with van der Waals surface area (Å²) in [5.41, 5.74) is 1.76. The highest BCUT2D eigenvalue weighted by Gasteiger charge is 2.19. The Morgan fingerprint density at radius 2 is 1.65 bits per heavy atom. The van der Waals surface area contributed by atoms with Crippen LogP contribution >= 0.6 is 0 Å². The molecule has 0 aliphatic carbocycles. The highest BCUT2D eigenvalue weighted by molar-refractivity contribution is 5.99. The number of carbonyl (C=O) groups excluding carboxylic acids is 1. The Morgan fingerprint density at radius 3 is 2.30 bits per heavy atom. The third kappa shape index (κ3) is 3.99. The van der Waals surface area contributed by atoms with Crippen molar-refractivity contribution < 1.29 is 4.79 Å². The van der Waals surface area contributed by atoms with Crippen molar-refractivity contribution in [1.29, 1.82) is 0 Å². The van der Waals surface area contributed by atoms with Crippen LogP contribution in [0.1, 0.15) is 56.3 Å². The van der Waals surface area contributed by atoms with E-state index in [4.69, 9.17) is 0 Å². The number of hydrogen-bond donors (Lipinski definition) is 1. The van der Waals surface area contributed by atoms with E-state index in [1.807, 2.05) is 29.2 Å². The van der Waals surface area contributed by atoms with Crippen LogP contribution in [-0.2, 0) is 0 Å². The van der Waals surface area contributed by atoms with Crippen LogP contribution in [0.15, 0.2) is 24.3 Å². The molecule has 0 unspecified atom stereocenters. The standard InChI is InChI=1S/C17H26N2O/c1-14(2)18-16-11-7-6-10-15(16)17(20)19-12-8-4-3-5-9-13-19/h6-7,10-11,14,18H,3-5,8-9,12-13H2,1-2H3. The van der Waals surface area contributed by atoms with E-state index >= 15 is 0 Å². The molecular weight excluding hydrogens is 248 g/mol. The third-order valence-electron chi connectivity index (χ3n) is 3.74. The van der Waals surface area contributed by atoms with Crippen LogP contribution in [0.5, 0.6) is 0 Å². The number of rotatable bonds is 3. The second-order valence-electron chi connectivity index (χ2n) is 5.90. The predicted molar refractivity (Wildman–Crippen MR) is 84.2 cm³/mol. The van der Waals surface area contributed by atoms with Gasteiger partial charge in [-0.3, -0.25) is 4.79 Å². The predicted octanol–water partition coefficient (Wildman–Crippen LogP) is 3.91. The number of benzene rings is 1. The Kier molecular flexibility index (Phi) is 5.45. The van der Waals surface area contributed by atoms with E-state index < -0.39 is 0 Å². The van der Waals surface area contributed by atoms with Gasteiger partial charge in [0.2, 0.25) is 0 Å². The Bertz CT molecular complexity index is 434. The number of para-hydroxylation sites is 1. The summed E-state index contributed by atoms with van der Waals surface area (Å²) >= 11 is 0. The third-order valence-corrected chi connectivity index (χ3v) is 3.74. The van der Waals surface area contributed by atoms with Crippen LogP contribution in [0.4, 0.5) is 5.69 Å². The van der Waals surface area contributed by atoms with Gasteiger partial charge in [-0.2, -0.15) is 0 Å². The molecule has 1 aliphatic rings. The minimum Gasteiger partial charge on any atom is -0.382 e. The zero-order valence-electron chi connectivity index (χ0n) is 12.7. The van der Waals surface area contributed by atoms with E-state index in [1.165, 1.54) is 19.3 Å². The van der Waals surface area contributed by atoms with Gasteiger partial charge in [0.15, 0.2) is 0 Å². The molecule has 3 heteroatoms. The Hall–Kier alpha value is -1.51. The molecule has 1 aromatic rings. The molecule has 0 saturated carbocycles. The molecule has 1 aliphatic heterocycles. The van der Waals surface area contributed by atoms with Crippen molar-refractivity contribution in [3.05, 3.63) is 29.8 Å². The first-order valence-corrected chi connectivity index (χ1v) is 7.83. The van der Waals surface area contributed by atoms with Gasteiger partial charge in [0.1, 0.15) is 0 Å². The van der Waals surface area contributed by atoms with E-state index in [0.29, 0.717) is 6.04 Å². The molecule has 3 nitrogen and oxygen atoms in total. The molecule has 1 fully saturated rings. The van der Waals surface area contributed by atoms with Gasteiger partial charge >= 0.3 is 0 Å². The SMILES string of the molecule is CC(C)Nc1ccccc1C(=O)N1CCCCCCC1. The molecule has 110 valence electrons. The lowest BCUT2D eigenvalue weighted by molar-refractivity contribution is 0.0743. The van der Waals surface area contributed by atoms with Crippen LogP contribution < -0.4 is 5.32 Å². The molecule has 2 rings (SSSR count). The van der Waals surface area contributed by atoms with Crippen molar-refractivity contribution in [2.24, 2.45) is 0 Å². The summed E-state index contributed by atoms with van der Waals surface area (Å²) < 4.78 is 0. The zero-order valence-corrected chi connectivity index (χ0v) is 12.7. The second-order valence-corrected chi connectivity index (χ2v) is 5.90. The molecule has 1 N–H and O–H groups in total.